The van der Waals surface area contributed by atoms with Crippen molar-refractivity contribution in [2.75, 3.05) is 10.6 Å². The summed E-state index contributed by atoms with van der Waals surface area (Å²) in [5.41, 5.74) is 2.07. The molecule has 0 fully saturated rings. The highest BCUT2D eigenvalue weighted by Gasteiger charge is 2.11. The first kappa shape index (κ1) is 14.9. The summed E-state index contributed by atoms with van der Waals surface area (Å²) < 4.78 is 0. The van der Waals surface area contributed by atoms with Gasteiger partial charge in [0.2, 0.25) is 0 Å². The number of hydrogen-bond acceptors (Lipinski definition) is 2. The third-order valence-corrected chi connectivity index (χ3v) is 3.43. The number of nitrogens with one attached hydrogen (secondary N) is 1. The largest absolute Gasteiger partial charge is 0.507 e. The van der Waals surface area contributed by atoms with E-state index in [9.17, 15) is 9.90 Å². The zero-order valence-electron chi connectivity index (χ0n) is 10.6. The summed E-state index contributed by atoms with van der Waals surface area (Å²) in [5.74, 6) is -0.502. The van der Waals surface area contributed by atoms with Gasteiger partial charge in [0, 0.05) is 16.0 Å². The maximum absolute atomic E-state index is 12.0. The number of aromatic hydroxyl groups is 1. The molecule has 0 aliphatic rings. The minimum atomic E-state index is -0.368. The number of aryl methyl sites for hydroxylation is 1. The SMILES string of the molecule is O=C(Nc1ccc(CCBr)cc1)c1ccc(Cl)cc1O. The van der Waals surface area contributed by atoms with Gasteiger partial charge in [-0.3, -0.25) is 4.79 Å². The van der Waals surface area contributed by atoms with Crippen LogP contribution in [0.15, 0.2) is 42.5 Å². The Labute approximate surface area is 130 Å². The summed E-state index contributed by atoms with van der Waals surface area (Å²) in [6.07, 6.45) is 0.937. The van der Waals surface area contributed by atoms with Crippen LogP contribution in [0, 0.1) is 0 Å². The van der Waals surface area contributed by atoms with Crippen LogP contribution in [0.1, 0.15) is 15.9 Å². The molecular weight excluding hydrogens is 342 g/mol. The third-order valence-electron chi connectivity index (χ3n) is 2.80. The number of alkyl halides is 1. The number of phenols is 1. The van der Waals surface area contributed by atoms with Crippen LogP contribution >= 0.6 is 27.5 Å². The Kier molecular flexibility index (Phi) is 5.04. The third kappa shape index (κ3) is 3.74. The van der Waals surface area contributed by atoms with Gasteiger partial charge in [0.15, 0.2) is 0 Å². The summed E-state index contributed by atoms with van der Waals surface area (Å²) in [5, 5.41) is 13.7. The molecule has 1 amide bonds. The standard InChI is InChI=1S/C15H13BrClNO2/c16-8-7-10-1-4-12(5-2-10)18-15(20)13-6-3-11(17)9-14(13)19/h1-6,9,19H,7-8H2,(H,18,20). The van der Waals surface area contributed by atoms with E-state index in [-0.39, 0.29) is 17.2 Å². The molecule has 0 aromatic heterocycles. The summed E-state index contributed by atoms with van der Waals surface area (Å²) in [4.78, 5) is 12.0. The minimum absolute atomic E-state index is 0.133. The quantitative estimate of drug-likeness (QED) is 0.807. The number of phenolic OH excluding ortho intramolecular Hbond substituents is 1. The summed E-state index contributed by atoms with van der Waals surface area (Å²) in [6, 6.07) is 12.0. The summed E-state index contributed by atoms with van der Waals surface area (Å²) in [7, 11) is 0. The second-order valence-electron chi connectivity index (χ2n) is 4.25. The van der Waals surface area contributed by atoms with Crippen molar-refractivity contribution in [2.24, 2.45) is 0 Å². The predicted molar refractivity (Wildman–Crippen MR) is 85.0 cm³/mol. The lowest BCUT2D eigenvalue weighted by molar-refractivity contribution is 0.102. The molecule has 2 aromatic rings. The number of hydrogen-bond donors (Lipinski definition) is 2. The van der Waals surface area contributed by atoms with Gasteiger partial charge in [-0.2, -0.15) is 0 Å². The molecule has 0 spiro atoms. The average molecular weight is 355 g/mol. The number of anilines is 1. The molecule has 3 nitrogen and oxygen atoms in total. The Balaban J connectivity index is 2.11. The van der Waals surface area contributed by atoms with Crippen molar-refractivity contribution in [3.8, 4) is 5.75 Å². The lowest BCUT2D eigenvalue weighted by atomic mass is 10.1. The topological polar surface area (TPSA) is 49.3 Å². The highest BCUT2D eigenvalue weighted by molar-refractivity contribution is 9.09. The second kappa shape index (κ2) is 6.77. The van der Waals surface area contributed by atoms with Crippen LogP contribution in [-0.2, 0) is 6.42 Å². The first-order valence-electron chi connectivity index (χ1n) is 6.05. The van der Waals surface area contributed by atoms with E-state index in [1.165, 1.54) is 17.7 Å². The monoisotopic (exact) mass is 353 g/mol. The highest BCUT2D eigenvalue weighted by Crippen LogP contribution is 2.23. The molecule has 5 heteroatoms. The van der Waals surface area contributed by atoms with Crippen LogP contribution < -0.4 is 5.32 Å². The van der Waals surface area contributed by atoms with Gasteiger partial charge in [-0.25, -0.2) is 0 Å². The van der Waals surface area contributed by atoms with E-state index in [4.69, 9.17) is 11.6 Å². The molecule has 0 aliphatic carbocycles. The number of amides is 1. The van der Waals surface area contributed by atoms with Crippen LogP contribution in [0.4, 0.5) is 5.69 Å². The molecule has 20 heavy (non-hydrogen) atoms. The van der Waals surface area contributed by atoms with E-state index >= 15 is 0 Å². The normalized spacial score (nSPS) is 10.3. The van der Waals surface area contributed by atoms with Crippen LogP contribution in [0.5, 0.6) is 5.75 Å². The zero-order valence-corrected chi connectivity index (χ0v) is 12.9. The van der Waals surface area contributed by atoms with E-state index < -0.39 is 0 Å². The zero-order chi connectivity index (χ0) is 14.5. The fraction of sp³-hybridized carbons (Fsp3) is 0.133. The van der Waals surface area contributed by atoms with Crippen molar-refractivity contribution >= 4 is 39.1 Å². The van der Waals surface area contributed by atoms with E-state index in [1.54, 1.807) is 6.07 Å². The van der Waals surface area contributed by atoms with Gasteiger partial charge in [0.1, 0.15) is 5.75 Å². The van der Waals surface area contributed by atoms with Crippen LogP contribution in [0.3, 0.4) is 0 Å². The highest BCUT2D eigenvalue weighted by atomic mass is 79.9. The molecule has 0 aliphatic heterocycles. The molecule has 0 radical (unpaired) electrons. The van der Waals surface area contributed by atoms with Gasteiger partial charge in [-0.1, -0.05) is 39.7 Å². The Morgan fingerprint density at radius 1 is 1.20 bits per heavy atom. The molecule has 0 bridgehead atoms. The van der Waals surface area contributed by atoms with E-state index in [2.05, 4.69) is 21.2 Å². The van der Waals surface area contributed by atoms with Crippen LogP contribution in [0.25, 0.3) is 0 Å². The first-order valence-corrected chi connectivity index (χ1v) is 7.55. The molecule has 104 valence electrons. The number of halogens is 2. The van der Waals surface area contributed by atoms with Gasteiger partial charge >= 0.3 is 0 Å². The number of carbonyl (C=O) groups is 1. The number of benzene rings is 2. The van der Waals surface area contributed by atoms with Crippen molar-refractivity contribution < 1.29 is 9.90 Å². The van der Waals surface area contributed by atoms with Crippen molar-refractivity contribution in [3.05, 3.63) is 58.6 Å². The smallest absolute Gasteiger partial charge is 0.259 e. The molecule has 0 saturated carbocycles. The van der Waals surface area contributed by atoms with Gasteiger partial charge < -0.3 is 10.4 Å². The van der Waals surface area contributed by atoms with Crippen molar-refractivity contribution in [1.82, 2.24) is 0 Å². The predicted octanol–water partition coefficient (Wildman–Crippen LogP) is 4.24. The van der Waals surface area contributed by atoms with Crippen LogP contribution in [0.2, 0.25) is 5.02 Å². The lowest BCUT2D eigenvalue weighted by Gasteiger charge is -2.08. The second-order valence-corrected chi connectivity index (χ2v) is 5.48. The van der Waals surface area contributed by atoms with Gasteiger partial charge in [-0.15, -0.1) is 0 Å². The van der Waals surface area contributed by atoms with Crippen molar-refractivity contribution in [3.63, 3.8) is 0 Å². The molecule has 0 atom stereocenters. The van der Waals surface area contributed by atoms with Crippen molar-refractivity contribution in [2.45, 2.75) is 6.42 Å². The average Bonchev–Trinajstić information content (AvgIpc) is 2.41. The molecule has 2 N–H and O–H groups in total. The molecular formula is C15H13BrClNO2. The summed E-state index contributed by atoms with van der Waals surface area (Å²) >= 11 is 9.11. The molecule has 0 saturated heterocycles. The van der Waals surface area contributed by atoms with E-state index in [1.807, 2.05) is 24.3 Å². The van der Waals surface area contributed by atoms with Crippen molar-refractivity contribution in [1.29, 1.82) is 0 Å². The fourth-order valence-corrected chi connectivity index (χ4v) is 2.38. The first-order chi connectivity index (χ1) is 9.60. The fourth-order valence-electron chi connectivity index (χ4n) is 1.76. The Hall–Kier alpha value is -1.52. The Morgan fingerprint density at radius 2 is 1.90 bits per heavy atom. The Bertz CT molecular complexity index is 614. The van der Waals surface area contributed by atoms with E-state index in [0.29, 0.717) is 10.7 Å². The lowest BCUT2D eigenvalue weighted by Crippen LogP contribution is -2.12. The van der Waals surface area contributed by atoms with E-state index in [0.717, 1.165) is 11.8 Å². The van der Waals surface area contributed by atoms with Gasteiger partial charge in [0.25, 0.3) is 5.91 Å². The minimum Gasteiger partial charge on any atom is -0.507 e. The Morgan fingerprint density at radius 3 is 2.50 bits per heavy atom. The molecule has 2 aromatic carbocycles. The molecule has 0 unspecified atom stereocenters. The number of carbonyl (C=O) groups excluding carboxylic acids is 1. The molecule has 0 heterocycles. The maximum atomic E-state index is 12.0. The van der Waals surface area contributed by atoms with Gasteiger partial charge in [-0.05, 0) is 42.3 Å². The van der Waals surface area contributed by atoms with Crippen LogP contribution in [-0.4, -0.2) is 16.3 Å². The molecule has 2 rings (SSSR count). The van der Waals surface area contributed by atoms with Gasteiger partial charge in [0.05, 0.1) is 5.56 Å². The summed E-state index contributed by atoms with van der Waals surface area (Å²) in [6.45, 7) is 0. The maximum Gasteiger partial charge on any atom is 0.259 e. The number of rotatable bonds is 4.